The Labute approximate surface area is 167 Å². The molecule has 0 saturated carbocycles. The van der Waals surface area contributed by atoms with Crippen LogP contribution in [0, 0.1) is 11.7 Å². The van der Waals surface area contributed by atoms with E-state index < -0.39 is 17.5 Å². The Morgan fingerprint density at radius 3 is 2.59 bits per heavy atom. The van der Waals surface area contributed by atoms with Gasteiger partial charge in [0.25, 0.3) is 5.91 Å². The van der Waals surface area contributed by atoms with E-state index in [9.17, 15) is 23.6 Å². The summed E-state index contributed by atoms with van der Waals surface area (Å²) in [4.78, 5) is 53.7. The molecule has 0 bridgehead atoms. The van der Waals surface area contributed by atoms with Crippen LogP contribution in [0.4, 0.5) is 9.18 Å². The maximum atomic E-state index is 13.4. The number of hydrogen-bond donors (Lipinski definition) is 1. The molecule has 9 heteroatoms. The van der Waals surface area contributed by atoms with Crippen molar-refractivity contribution >= 4 is 23.8 Å². The highest BCUT2D eigenvalue weighted by Gasteiger charge is 2.52. The lowest BCUT2D eigenvalue weighted by Crippen LogP contribution is -2.56. The second-order valence-corrected chi connectivity index (χ2v) is 8.01. The summed E-state index contributed by atoms with van der Waals surface area (Å²) in [5, 5.41) is 2.75. The molecule has 0 radical (unpaired) electrons. The summed E-state index contributed by atoms with van der Waals surface area (Å²) >= 11 is 0. The number of piperidine rings is 1. The van der Waals surface area contributed by atoms with Gasteiger partial charge < -0.3 is 15.1 Å². The maximum absolute atomic E-state index is 13.4. The number of halogens is 1. The number of carbonyl (C=O) groups excluding carboxylic acids is 4. The molecule has 1 aromatic rings. The Morgan fingerprint density at radius 2 is 1.97 bits per heavy atom. The van der Waals surface area contributed by atoms with Crippen LogP contribution in [0.2, 0.25) is 0 Å². The van der Waals surface area contributed by atoms with Crippen molar-refractivity contribution in [3.05, 3.63) is 35.6 Å². The first-order valence-electron chi connectivity index (χ1n) is 9.70. The van der Waals surface area contributed by atoms with Gasteiger partial charge >= 0.3 is 6.03 Å². The molecule has 3 aliphatic rings. The molecule has 4 rings (SSSR count). The summed E-state index contributed by atoms with van der Waals surface area (Å²) in [5.74, 6) is -1.29. The monoisotopic (exact) mass is 402 g/mol. The van der Waals surface area contributed by atoms with Gasteiger partial charge in [0, 0.05) is 39.6 Å². The highest BCUT2D eigenvalue weighted by atomic mass is 19.1. The van der Waals surface area contributed by atoms with E-state index in [1.807, 2.05) is 0 Å². The van der Waals surface area contributed by atoms with Crippen LogP contribution in [-0.4, -0.2) is 70.7 Å². The van der Waals surface area contributed by atoms with Gasteiger partial charge in [-0.1, -0.05) is 12.1 Å². The number of urea groups is 1. The van der Waals surface area contributed by atoms with Gasteiger partial charge in [-0.3, -0.25) is 19.3 Å². The fourth-order valence-electron chi connectivity index (χ4n) is 4.41. The zero-order chi connectivity index (χ0) is 20.8. The summed E-state index contributed by atoms with van der Waals surface area (Å²) < 4.78 is 13.4. The Hall–Kier alpha value is -2.97. The lowest BCUT2D eigenvalue weighted by atomic mass is 9.87. The van der Waals surface area contributed by atoms with Gasteiger partial charge in [0.05, 0.1) is 5.92 Å². The van der Waals surface area contributed by atoms with Crippen molar-refractivity contribution in [3.8, 4) is 0 Å². The number of benzene rings is 1. The van der Waals surface area contributed by atoms with E-state index in [-0.39, 0.29) is 36.5 Å². The molecular formula is C20H23FN4O4. The Kier molecular flexibility index (Phi) is 4.76. The number of nitrogens with one attached hydrogen (secondary N) is 1. The number of carbonyl (C=O) groups is 4. The van der Waals surface area contributed by atoms with Gasteiger partial charge in [-0.05, 0) is 30.5 Å². The Balaban J connectivity index is 1.36. The fraction of sp³-hybridized carbons (Fsp3) is 0.500. The number of likely N-dealkylation sites (N-methyl/N-ethyl adjacent to an activating group) is 1. The standard InChI is InChI=1S/C20H23FN4O4/c1-23-18(28)20(22-19(23)29)5-7-24(8-6-20)17(27)14-10-16(26)25(12-14)11-13-3-2-4-15(21)9-13/h2-4,9,14H,5-8,10-12H2,1H3,(H,22,29)/t14-/m0/s1. The van der Waals surface area contributed by atoms with Crippen LogP contribution in [0.1, 0.15) is 24.8 Å². The van der Waals surface area contributed by atoms with Crippen molar-refractivity contribution in [3.63, 3.8) is 0 Å². The van der Waals surface area contributed by atoms with E-state index in [2.05, 4.69) is 5.32 Å². The van der Waals surface area contributed by atoms with Gasteiger partial charge in [-0.2, -0.15) is 0 Å². The molecule has 8 nitrogen and oxygen atoms in total. The van der Waals surface area contributed by atoms with Crippen LogP contribution >= 0.6 is 0 Å². The maximum Gasteiger partial charge on any atom is 0.324 e. The van der Waals surface area contributed by atoms with E-state index >= 15 is 0 Å². The number of amides is 5. The summed E-state index contributed by atoms with van der Waals surface area (Å²) in [7, 11) is 1.45. The van der Waals surface area contributed by atoms with Crippen molar-refractivity contribution < 1.29 is 23.6 Å². The Bertz CT molecular complexity index is 881. The Morgan fingerprint density at radius 1 is 1.24 bits per heavy atom. The molecule has 1 aromatic carbocycles. The van der Waals surface area contributed by atoms with E-state index in [1.54, 1.807) is 21.9 Å². The highest BCUT2D eigenvalue weighted by molar-refractivity contribution is 6.07. The van der Waals surface area contributed by atoms with Gasteiger partial charge in [0.15, 0.2) is 0 Å². The molecule has 1 N–H and O–H groups in total. The smallest absolute Gasteiger partial charge is 0.324 e. The first-order valence-corrected chi connectivity index (χ1v) is 9.70. The van der Waals surface area contributed by atoms with Gasteiger partial charge in [-0.25, -0.2) is 9.18 Å². The minimum absolute atomic E-state index is 0.111. The van der Waals surface area contributed by atoms with Crippen molar-refractivity contribution in [2.45, 2.75) is 31.3 Å². The zero-order valence-electron chi connectivity index (χ0n) is 16.2. The van der Waals surface area contributed by atoms with Crippen molar-refractivity contribution in [1.82, 2.24) is 20.0 Å². The van der Waals surface area contributed by atoms with E-state index in [0.717, 1.165) is 4.90 Å². The average molecular weight is 402 g/mol. The predicted molar refractivity (Wildman–Crippen MR) is 99.8 cm³/mol. The highest BCUT2D eigenvalue weighted by Crippen LogP contribution is 2.30. The molecule has 154 valence electrons. The number of rotatable bonds is 3. The lowest BCUT2D eigenvalue weighted by Gasteiger charge is -2.38. The summed E-state index contributed by atoms with van der Waals surface area (Å²) in [6, 6.07) is 5.66. The SMILES string of the molecule is CN1C(=O)NC2(CCN(C(=O)[C@H]3CC(=O)N(Cc4cccc(F)c4)C3)CC2)C1=O. The first kappa shape index (κ1) is 19.4. The molecule has 1 spiro atoms. The molecule has 3 fully saturated rings. The summed E-state index contributed by atoms with van der Waals surface area (Å²) in [6.07, 6.45) is 0.858. The largest absolute Gasteiger partial charge is 0.342 e. The van der Waals surface area contributed by atoms with Crippen LogP contribution in [0.15, 0.2) is 24.3 Å². The number of nitrogens with zero attached hydrogens (tertiary/aromatic N) is 3. The molecule has 3 heterocycles. The van der Waals surface area contributed by atoms with Gasteiger partial charge in [0.1, 0.15) is 11.4 Å². The number of imide groups is 1. The molecule has 29 heavy (non-hydrogen) atoms. The van der Waals surface area contributed by atoms with Crippen molar-refractivity contribution in [1.29, 1.82) is 0 Å². The molecule has 5 amide bonds. The molecular weight excluding hydrogens is 379 g/mol. The second-order valence-electron chi connectivity index (χ2n) is 8.01. The molecule has 0 unspecified atom stereocenters. The molecule has 3 saturated heterocycles. The fourth-order valence-corrected chi connectivity index (χ4v) is 4.41. The third-order valence-corrected chi connectivity index (χ3v) is 6.12. The van der Waals surface area contributed by atoms with Gasteiger partial charge in [0.2, 0.25) is 11.8 Å². The van der Waals surface area contributed by atoms with Crippen molar-refractivity contribution in [2.75, 3.05) is 26.7 Å². The third kappa shape index (κ3) is 3.45. The minimum atomic E-state index is -0.919. The summed E-state index contributed by atoms with van der Waals surface area (Å²) in [6.45, 7) is 1.28. The second kappa shape index (κ2) is 7.13. The molecule has 0 aromatic heterocycles. The van der Waals surface area contributed by atoms with Crippen LogP contribution in [-0.2, 0) is 20.9 Å². The first-order chi connectivity index (χ1) is 13.8. The van der Waals surface area contributed by atoms with E-state index in [0.29, 0.717) is 38.0 Å². The van der Waals surface area contributed by atoms with Crippen molar-refractivity contribution in [2.24, 2.45) is 5.92 Å². The normalized spacial score (nSPS) is 23.9. The molecule has 1 atom stereocenters. The van der Waals surface area contributed by atoms with Crippen LogP contribution in [0.25, 0.3) is 0 Å². The number of hydrogen-bond acceptors (Lipinski definition) is 4. The molecule has 3 aliphatic heterocycles. The van der Waals surface area contributed by atoms with Gasteiger partial charge in [-0.15, -0.1) is 0 Å². The van der Waals surface area contributed by atoms with E-state index in [4.69, 9.17) is 0 Å². The van der Waals surface area contributed by atoms with E-state index in [1.165, 1.54) is 19.2 Å². The number of likely N-dealkylation sites (tertiary alicyclic amines) is 2. The topological polar surface area (TPSA) is 90.0 Å². The zero-order valence-corrected chi connectivity index (χ0v) is 16.2. The third-order valence-electron chi connectivity index (χ3n) is 6.12. The van der Waals surface area contributed by atoms with Crippen LogP contribution < -0.4 is 5.32 Å². The quantitative estimate of drug-likeness (QED) is 0.755. The lowest BCUT2D eigenvalue weighted by molar-refractivity contribution is -0.140. The molecule has 0 aliphatic carbocycles. The summed E-state index contributed by atoms with van der Waals surface area (Å²) in [5.41, 5.74) is -0.233. The average Bonchev–Trinajstić information content (AvgIpc) is 3.15. The van der Waals surface area contributed by atoms with Crippen LogP contribution in [0.5, 0.6) is 0 Å². The van der Waals surface area contributed by atoms with Crippen LogP contribution in [0.3, 0.4) is 0 Å². The minimum Gasteiger partial charge on any atom is -0.342 e. The predicted octanol–water partition coefficient (Wildman–Crippen LogP) is 0.717.